The molecule has 0 saturated carbocycles. The third kappa shape index (κ3) is 15.3. The Hall–Kier alpha value is 1.87. The van der Waals surface area contributed by atoms with Crippen molar-refractivity contribution in [2.75, 3.05) is 11.8 Å². The molecule has 0 aliphatic carbocycles. The fraction of sp³-hybridized carbons (Fsp3) is 0.0400. The van der Waals surface area contributed by atoms with Gasteiger partial charge in [-0.3, -0.25) is 14.9 Å². The second-order valence-corrected chi connectivity index (χ2v) is 13.3. The Labute approximate surface area is 489 Å². The van der Waals surface area contributed by atoms with E-state index in [-0.39, 0.29) is 233 Å². The predicted octanol–water partition coefficient (Wildman–Crippen LogP) is -12.6. The maximum atomic E-state index is 13.3. The number of ether oxygens (including phenoxy) is 1. The molecule has 0 bridgehead atoms. The molecular weight excluding hydrogens is 929 g/mol. The zero-order chi connectivity index (χ0) is 37.5. The second-order valence-electron chi connectivity index (χ2n) is 9.03. The van der Waals surface area contributed by atoms with E-state index < -0.39 is 83.1 Å². The first-order valence-electron chi connectivity index (χ1n) is 12.9. The molecule has 30 heteroatoms. The van der Waals surface area contributed by atoms with Gasteiger partial charge in [0.2, 0.25) is 11.8 Å². The molecule has 3 N–H and O–H groups in total. The number of benzene rings is 2. The number of nitrogens with zero attached hydrogens (tertiary/aromatic N) is 4. The minimum absolute atomic E-state index is 0. The third-order valence-corrected chi connectivity index (χ3v) is 9.01. The number of aromatic hydroxyl groups is 1. The number of amides is 1. The van der Waals surface area contributed by atoms with E-state index in [4.69, 9.17) is 4.74 Å². The number of hydrogen-bond donors (Lipinski definition) is 3. The number of hydrazone groups is 1. The summed E-state index contributed by atoms with van der Waals surface area (Å²) in [5.41, 5.74) is -2.59. The number of carboxylic acid groups (broad SMARTS) is 1. The molecule has 2 heterocycles. The Morgan fingerprint density at radius 1 is 0.891 bits per heavy atom. The number of aliphatic hydroxyl groups is 1. The van der Waals surface area contributed by atoms with E-state index in [9.17, 15) is 61.4 Å². The first-order valence-corrected chi connectivity index (χ1v) is 17.2. The van der Waals surface area contributed by atoms with Gasteiger partial charge in [0, 0.05) is 4.90 Å². The number of carbonyl (C=O) groups is 2. The number of aromatic nitrogens is 2. The number of aliphatic hydroxyl groups excluding tert-OH is 1. The molecule has 0 spiro atoms. The third-order valence-electron chi connectivity index (χ3n) is 6.08. The Kier molecular flexibility index (Phi) is 27.3. The number of rotatable bonds is 15. The number of allylic oxidation sites excluding steroid dienone is 4. The molecule has 0 atom stereocenters. The van der Waals surface area contributed by atoms with Gasteiger partial charge in [0.05, 0.1) is 55.7 Å². The van der Waals surface area contributed by atoms with Gasteiger partial charge in [0.15, 0.2) is 12.5 Å². The standard InChI is InChI=1S/C25H20N4O18S4.4K/c30-12-43-22-16(24(32)29(27-22)18-10-13(48-46-44-35)6-9-20(18)51(40,41)42)5-3-1-2-4-15-21(25(33)34)26-28(23(15)31)17-11-14(50(37,38)39)7-8-19(17)49-47-45-36;;;;/h1-11,30-31,35-36H,12H2,(H,33,34)(H,37,38,39)(H,40,41,42);;;;/q;4*+1/p-4. The van der Waals surface area contributed by atoms with Crippen LogP contribution in [0.3, 0.4) is 0 Å². The van der Waals surface area contributed by atoms with Gasteiger partial charge in [-0.1, -0.05) is 18.2 Å². The summed E-state index contributed by atoms with van der Waals surface area (Å²) >= 11 is 0.526. The van der Waals surface area contributed by atoms with E-state index in [0.717, 1.165) is 54.6 Å². The van der Waals surface area contributed by atoms with Gasteiger partial charge in [-0.2, -0.15) is 23.5 Å². The molecular formula is C25H16K4N4O18S4. The van der Waals surface area contributed by atoms with Gasteiger partial charge >= 0.3 is 212 Å². The first-order chi connectivity index (χ1) is 24.1. The van der Waals surface area contributed by atoms with Gasteiger partial charge in [-0.05, 0) is 48.6 Å². The topological polar surface area (TPSA) is 335 Å². The van der Waals surface area contributed by atoms with Gasteiger partial charge in [-0.15, -0.1) is 5.10 Å². The van der Waals surface area contributed by atoms with Crippen molar-refractivity contribution in [3.8, 4) is 11.6 Å². The van der Waals surface area contributed by atoms with E-state index in [0.29, 0.717) is 21.7 Å². The monoisotopic (exact) mass is 944 g/mol. The maximum Gasteiger partial charge on any atom is 1.00 e. The summed E-state index contributed by atoms with van der Waals surface area (Å²) in [6.45, 7) is -1.00. The van der Waals surface area contributed by atoms with Crippen molar-refractivity contribution >= 4 is 73.9 Å². The van der Waals surface area contributed by atoms with Crippen LogP contribution in [0, 0.1) is 0 Å². The van der Waals surface area contributed by atoms with Crippen molar-refractivity contribution in [2.24, 2.45) is 5.10 Å². The fourth-order valence-electron chi connectivity index (χ4n) is 4.06. The summed E-state index contributed by atoms with van der Waals surface area (Å²) in [5.74, 6) is -4.14. The average molecular weight is 945 g/mol. The number of hydrogen-bond acceptors (Lipinski definition) is 21. The molecule has 3 aromatic rings. The van der Waals surface area contributed by atoms with Crippen LogP contribution in [-0.2, 0) is 48.5 Å². The van der Waals surface area contributed by atoms with E-state index in [1.54, 1.807) is 0 Å². The Morgan fingerprint density at radius 2 is 1.55 bits per heavy atom. The fourth-order valence-corrected chi connectivity index (χ4v) is 6.03. The van der Waals surface area contributed by atoms with E-state index >= 15 is 0 Å². The van der Waals surface area contributed by atoms with Gasteiger partial charge in [-0.25, -0.2) is 21.6 Å². The normalized spacial score (nSPS) is 13.6. The Balaban J connectivity index is 0.00000729. The minimum Gasteiger partial charge on any atom is -0.744 e. The summed E-state index contributed by atoms with van der Waals surface area (Å²) in [4.78, 5) is 23.4. The molecule has 272 valence electrons. The van der Waals surface area contributed by atoms with Crippen LogP contribution in [0.15, 0.2) is 91.0 Å². The van der Waals surface area contributed by atoms with Crippen molar-refractivity contribution in [1.82, 2.24) is 9.78 Å². The number of carbonyl (C=O) groups excluding carboxylic acids is 1. The van der Waals surface area contributed by atoms with Crippen LogP contribution in [0.1, 0.15) is 16.1 Å². The van der Waals surface area contributed by atoms with Crippen LogP contribution >= 0.6 is 24.1 Å². The first kappa shape index (κ1) is 56.9. The molecule has 1 aromatic heterocycles. The van der Waals surface area contributed by atoms with Crippen molar-refractivity contribution in [2.45, 2.75) is 19.6 Å². The zero-order valence-electron chi connectivity index (χ0n) is 28.4. The molecule has 1 aliphatic heterocycles. The number of carboxylic acids is 1. The molecule has 55 heavy (non-hydrogen) atoms. The van der Waals surface area contributed by atoms with Crippen molar-refractivity contribution in [3.63, 3.8) is 0 Å². The summed E-state index contributed by atoms with van der Waals surface area (Å²) in [5, 5.41) is 64.9. The van der Waals surface area contributed by atoms with Gasteiger partial charge in [0.25, 0.3) is 5.91 Å². The van der Waals surface area contributed by atoms with Gasteiger partial charge < -0.3 is 39.7 Å². The molecule has 0 fully saturated rings. The molecule has 22 nitrogen and oxygen atoms in total. The van der Waals surface area contributed by atoms with Crippen LogP contribution in [0.25, 0.3) is 11.8 Å². The summed E-state index contributed by atoms with van der Waals surface area (Å²) in [6.07, 6.45) is 5.60. The molecule has 1 amide bonds. The minimum atomic E-state index is -5.20. The zero-order valence-corrected chi connectivity index (χ0v) is 44.2. The molecule has 4 rings (SSSR count). The quantitative estimate of drug-likeness (QED) is 0.0186. The molecule has 0 radical (unpaired) electrons. The summed E-state index contributed by atoms with van der Waals surface area (Å²) < 4.78 is 84.3. The van der Waals surface area contributed by atoms with Crippen molar-refractivity contribution in [3.05, 3.63) is 77.5 Å². The van der Waals surface area contributed by atoms with Crippen LogP contribution in [-0.4, -0.2) is 75.6 Å². The summed E-state index contributed by atoms with van der Waals surface area (Å²) in [6, 6.07) is 5.42. The molecule has 0 saturated heterocycles. The molecule has 2 aromatic carbocycles. The van der Waals surface area contributed by atoms with Crippen LogP contribution < -0.4 is 221 Å². The predicted molar refractivity (Wildman–Crippen MR) is 160 cm³/mol. The van der Waals surface area contributed by atoms with Crippen molar-refractivity contribution < 1.29 is 290 Å². The second kappa shape index (κ2) is 26.4. The van der Waals surface area contributed by atoms with E-state index in [2.05, 4.69) is 28.9 Å². The Morgan fingerprint density at radius 3 is 2.13 bits per heavy atom. The molecule has 1 aliphatic rings. The Bertz CT molecular complexity index is 2200. The molecule has 0 unspecified atom stereocenters. The maximum absolute atomic E-state index is 13.3. The number of aromatic carboxylic acids is 1. The SMILES string of the molecule is O=C(O)c1nn(-c2cc(S(=O)(=O)[O-])ccc2SOO[O-])c(O)c1C=CC=CC=C1C(=O)N(c2cc(SOO[O-])ccc2S(=O)(=O)[O-])N=C1OCO.[K+].[K+].[K+].[K+]. The average Bonchev–Trinajstić information content (AvgIpc) is 3.57. The largest absolute Gasteiger partial charge is 1.00 e. The number of anilines is 1. The van der Waals surface area contributed by atoms with E-state index in [1.165, 1.54) is 12.2 Å². The van der Waals surface area contributed by atoms with E-state index in [1.807, 2.05) is 0 Å². The summed E-state index contributed by atoms with van der Waals surface area (Å²) in [7, 11) is -10.3. The van der Waals surface area contributed by atoms with Crippen molar-refractivity contribution in [1.29, 1.82) is 0 Å². The van der Waals surface area contributed by atoms with Crippen LogP contribution in [0.4, 0.5) is 5.69 Å². The van der Waals surface area contributed by atoms with Gasteiger partial charge in [0.1, 0.15) is 25.8 Å². The van der Waals surface area contributed by atoms with Crippen LogP contribution in [0.2, 0.25) is 0 Å². The van der Waals surface area contributed by atoms with Crippen LogP contribution in [0.5, 0.6) is 5.88 Å². The smallest absolute Gasteiger partial charge is 0.744 e.